The third kappa shape index (κ3) is 1.64. The second kappa shape index (κ2) is 3.22. The Morgan fingerprint density at radius 1 is 1.47 bits per heavy atom. The average molecular weight is 257 g/mol. The molecule has 17 heavy (non-hydrogen) atoms. The maximum absolute atomic E-state index is 11.8. The van der Waals surface area contributed by atoms with E-state index >= 15 is 0 Å². The summed E-state index contributed by atoms with van der Waals surface area (Å²) in [6.07, 6.45) is 2.60. The number of nitrogens with zero attached hydrogens (tertiary/aromatic N) is 2. The second-order valence-corrected chi connectivity index (χ2v) is 7.39. The summed E-state index contributed by atoms with van der Waals surface area (Å²) < 4.78 is 23.3. The monoisotopic (exact) mass is 257 g/mol. The molecule has 2 heterocycles. The van der Waals surface area contributed by atoms with Gasteiger partial charge in [-0.1, -0.05) is 0 Å². The van der Waals surface area contributed by atoms with Crippen LogP contribution in [-0.4, -0.2) is 48.8 Å². The number of hydrogen-bond acceptors (Lipinski definition) is 4. The maximum Gasteiger partial charge on any atom is 0.346 e. The van der Waals surface area contributed by atoms with Gasteiger partial charge in [0, 0.05) is 6.54 Å². The van der Waals surface area contributed by atoms with Crippen LogP contribution in [0.3, 0.4) is 0 Å². The van der Waals surface area contributed by atoms with Crippen LogP contribution in [0.4, 0.5) is 4.79 Å². The molecule has 2 N–H and O–H groups in total. The fraction of sp³-hybridized carbons (Fsp3) is 0.800. The number of nitrogens with two attached hydrogens (primary N) is 1. The number of carbonyl (C=O) groups excluding carboxylic acids is 1. The molecule has 0 bridgehead atoms. The van der Waals surface area contributed by atoms with Crippen LogP contribution in [0.1, 0.15) is 19.3 Å². The lowest BCUT2D eigenvalue weighted by molar-refractivity contribution is 0.177. The van der Waals surface area contributed by atoms with Crippen LogP contribution in [-0.2, 0) is 9.84 Å². The first-order valence-corrected chi connectivity index (χ1v) is 7.62. The first kappa shape index (κ1) is 11.0. The first-order valence-electron chi connectivity index (χ1n) is 5.80. The van der Waals surface area contributed by atoms with Crippen molar-refractivity contribution in [3.63, 3.8) is 0 Å². The van der Waals surface area contributed by atoms with Gasteiger partial charge in [0.1, 0.15) is 11.4 Å². The van der Waals surface area contributed by atoms with Gasteiger partial charge >= 0.3 is 6.03 Å². The molecule has 2 amide bonds. The van der Waals surface area contributed by atoms with Gasteiger partial charge in [-0.3, -0.25) is 0 Å². The number of amidine groups is 1. The summed E-state index contributed by atoms with van der Waals surface area (Å²) in [5.74, 6) is 0.718. The largest absolute Gasteiger partial charge is 0.385 e. The van der Waals surface area contributed by atoms with Gasteiger partial charge in [0.2, 0.25) is 0 Å². The predicted octanol–water partition coefficient (Wildman–Crippen LogP) is -0.254. The Morgan fingerprint density at radius 2 is 2.18 bits per heavy atom. The fourth-order valence-corrected chi connectivity index (χ4v) is 4.62. The van der Waals surface area contributed by atoms with Gasteiger partial charge in [-0.25, -0.2) is 13.2 Å². The summed E-state index contributed by atoms with van der Waals surface area (Å²) in [5.41, 5.74) is 4.96. The topological polar surface area (TPSA) is 92.8 Å². The molecule has 7 heteroatoms. The molecule has 0 aromatic rings. The van der Waals surface area contributed by atoms with Crippen molar-refractivity contribution in [2.75, 3.05) is 18.1 Å². The van der Waals surface area contributed by atoms with Crippen LogP contribution in [0.25, 0.3) is 0 Å². The van der Waals surface area contributed by atoms with Crippen molar-refractivity contribution < 1.29 is 13.2 Å². The molecule has 1 saturated carbocycles. The smallest absolute Gasteiger partial charge is 0.346 e. The third-order valence-electron chi connectivity index (χ3n) is 3.86. The average Bonchev–Trinajstić information content (AvgIpc) is 2.94. The van der Waals surface area contributed by atoms with Crippen molar-refractivity contribution in [3.8, 4) is 0 Å². The van der Waals surface area contributed by atoms with Crippen molar-refractivity contribution in [1.29, 1.82) is 0 Å². The van der Waals surface area contributed by atoms with Gasteiger partial charge in [-0.15, -0.1) is 0 Å². The molecule has 1 aliphatic carbocycles. The third-order valence-corrected chi connectivity index (χ3v) is 5.61. The number of hydrogen-bond donors (Lipinski definition) is 1. The minimum absolute atomic E-state index is 0.0617. The van der Waals surface area contributed by atoms with Gasteiger partial charge in [0.05, 0.1) is 11.5 Å². The summed E-state index contributed by atoms with van der Waals surface area (Å²) in [7, 11) is -3.10. The van der Waals surface area contributed by atoms with E-state index in [9.17, 15) is 13.2 Å². The highest BCUT2D eigenvalue weighted by Gasteiger charge is 2.55. The number of sulfone groups is 1. The molecule has 1 atom stereocenters. The molecule has 0 aromatic carbocycles. The minimum atomic E-state index is -3.10. The minimum Gasteiger partial charge on any atom is -0.385 e. The highest BCUT2D eigenvalue weighted by molar-refractivity contribution is 7.91. The van der Waals surface area contributed by atoms with Gasteiger partial charge in [0.15, 0.2) is 9.84 Å². The highest BCUT2D eigenvalue weighted by atomic mass is 32.2. The summed E-state index contributed by atoms with van der Waals surface area (Å²) in [6, 6.07) is -0.369. The van der Waals surface area contributed by atoms with Crippen molar-refractivity contribution in [2.45, 2.75) is 24.8 Å². The first-order chi connectivity index (χ1) is 7.93. The van der Waals surface area contributed by atoms with Gasteiger partial charge in [-0.05, 0) is 25.2 Å². The van der Waals surface area contributed by atoms with Crippen LogP contribution >= 0.6 is 0 Å². The van der Waals surface area contributed by atoms with Crippen LogP contribution in [0.15, 0.2) is 4.99 Å². The molecule has 1 spiro atoms. The molecule has 1 unspecified atom stereocenters. The highest BCUT2D eigenvalue weighted by Crippen LogP contribution is 2.39. The summed E-state index contributed by atoms with van der Waals surface area (Å²) in [5, 5.41) is 0. The lowest BCUT2D eigenvalue weighted by Gasteiger charge is -2.33. The van der Waals surface area contributed by atoms with E-state index in [1.165, 1.54) is 0 Å². The Labute approximate surface area is 99.8 Å². The zero-order valence-electron chi connectivity index (χ0n) is 9.42. The molecule has 2 fully saturated rings. The zero-order chi connectivity index (χ0) is 12.3. The zero-order valence-corrected chi connectivity index (χ0v) is 10.2. The summed E-state index contributed by atoms with van der Waals surface area (Å²) in [4.78, 5) is 17.1. The SMILES string of the molecule is NC1=NC(=O)N(CC2CC2)C12CCS(=O)(=O)C2. The van der Waals surface area contributed by atoms with Gasteiger partial charge < -0.3 is 10.6 Å². The number of rotatable bonds is 2. The Bertz CT molecular complexity index is 509. The number of urea groups is 1. The molecule has 94 valence electrons. The Balaban J connectivity index is 1.94. The number of aliphatic imine (C=N–C) groups is 1. The number of amides is 2. The molecule has 3 aliphatic rings. The lowest BCUT2D eigenvalue weighted by atomic mass is 9.96. The molecular weight excluding hydrogens is 242 g/mol. The van der Waals surface area contributed by atoms with Gasteiger partial charge in [-0.2, -0.15) is 4.99 Å². The van der Waals surface area contributed by atoms with Crippen LogP contribution in [0.5, 0.6) is 0 Å². The Hall–Kier alpha value is -1.11. The molecule has 6 nitrogen and oxygen atoms in total. The van der Waals surface area contributed by atoms with Crippen molar-refractivity contribution in [3.05, 3.63) is 0 Å². The summed E-state index contributed by atoms with van der Waals surface area (Å²) >= 11 is 0. The van der Waals surface area contributed by atoms with Crippen LogP contribution in [0, 0.1) is 5.92 Å². The Morgan fingerprint density at radius 3 is 2.71 bits per heavy atom. The van der Waals surface area contributed by atoms with E-state index in [1.54, 1.807) is 4.90 Å². The summed E-state index contributed by atoms with van der Waals surface area (Å²) in [6.45, 7) is 0.596. The standard InChI is InChI=1S/C10H15N3O3S/c11-8-10(3-4-17(15,16)6-10)13(9(14)12-8)5-7-1-2-7/h7H,1-6H2,(H2,11,12,14). The quantitative estimate of drug-likeness (QED) is 0.738. The van der Waals surface area contributed by atoms with E-state index in [0.717, 1.165) is 12.8 Å². The second-order valence-electron chi connectivity index (χ2n) is 5.21. The normalized spacial score (nSPS) is 35.6. The Kier molecular flexibility index (Phi) is 2.08. The number of carbonyl (C=O) groups is 1. The molecule has 3 rings (SSSR count). The van der Waals surface area contributed by atoms with Crippen LogP contribution in [0.2, 0.25) is 0 Å². The van der Waals surface area contributed by atoms with E-state index in [4.69, 9.17) is 5.73 Å². The molecule has 0 radical (unpaired) electrons. The van der Waals surface area contributed by atoms with Gasteiger partial charge in [0.25, 0.3) is 0 Å². The maximum atomic E-state index is 11.8. The van der Waals surface area contributed by atoms with E-state index < -0.39 is 15.4 Å². The molecular formula is C10H15N3O3S. The predicted molar refractivity (Wildman–Crippen MR) is 62.5 cm³/mol. The lowest BCUT2D eigenvalue weighted by Crippen LogP contribution is -2.55. The fourth-order valence-electron chi connectivity index (χ4n) is 2.65. The molecule has 2 aliphatic heterocycles. The van der Waals surface area contributed by atoms with E-state index in [1.807, 2.05) is 0 Å². The van der Waals surface area contributed by atoms with Crippen LogP contribution < -0.4 is 5.73 Å². The van der Waals surface area contributed by atoms with E-state index in [2.05, 4.69) is 4.99 Å². The molecule has 0 aromatic heterocycles. The van der Waals surface area contributed by atoms with Crippen molar-refractivity contribution in [2.24, 2.45) is 16.6 Å². The molecule has 1 saturated heterocycles. The van der Waals surface area contributed by atoms with Crippen molar-refractivity contribution >= 4 is 21.7 Å². The van der Waals surface area contributed by atoms with E-state index in [-0.39, 0.29) is 23.4 Å². The van der Waals surface area contributed by atoms with E-state index in [0.29, 0.717) is 18.9 Å². The van der Waals surface area contributed by atoms with Crippen molar-refractivity contribution in [1.82, 2.24) is 4.90 Å².